The van der Waals surface area contributed by atoms with Crippen LogP contribution in [0.1, 0.15) is 40.0 Å². The highest BCUT2D eigenvalue weighted by molar-refractivity contribution is 7.86. The van der Waals surface area contributed by atoms with E-state index in [9.17, 15) is 8.42 Å². The predicted octanol–water partition coefficient (Wildman–Crippen LogP) is 0.776. The summed E-state index contributed by atoms with van der Waals surface area (Å²) in [5, 5.41) is 0. The Labute approximate surface area is 105 Å². The van der Waals surface area contributed by atoms with Crippen LogP contribution in [0, 0.1) is 0 Å². The third-order valence-electron chi connectivity index (χ3n) is 3.76. The van der Waals surface area contributed by atoms with Crippen LogP contribution in [-0.2, 0) is 10.2 Å². The second-order valence-corrected chi connectivity index (χ2v) is 6.69. The number of hydrogen-bond acceptors (Lipinski definition) is 3. The van der Waals surface area contributed by atoms with Crippen molar-refractivity contribution >= 4 is 10.2 Å². The fourth-order valence-electron chi connectivity index (χ4n) is 2.30. The summed E-state index contributed by atoms with van der Waals surface area (Å²) in [5.74, 6) is 0. The van der Waals surface area contributed by atoms with Gasteiger partial charge in [0, 0.05) is 31.7 Å². The van der Waals surface area contributed by atoms with Gasteiger partial charge in [0.1, 0.15) is 0 Å². The molecule has 0 aromatic heterocycles. The predicted molar refractivity (Wildman–Crippen MR) is 69.9 cm³/mol. The van der Waals surface area contributed by atoms with E-state index in [1.807, 2.05) is 20.8 Å². The molecule has 5 nitrogen and oxygen atoms in total. The van der Waals surface area contributed by atoms with E-state index < -0.39 is 15.7 Å². The molecule has 2 N–H and O–H groups in total. The van der Waals surface area contributed by atoms with Crippen LogP contribution in [0.15, 0.2) is 0 Å². The van der Waals surface area contributed by atoms with Crippen LogP contribution in [0.2, 0.25) is 0 Å². The van der Waals surface area contributed by atoms with Crippen molar-refractivity contribution in [1.82, 2.24) is 8.61 Å². The average molecular weight is 263 g/mol. The molecule has 0 spiro atoms. The molecule has 1 heterocycles. The summed E-state index contributed by atoms with van der Waals surface area (Å²) in [4.78, 5) is 0. The van der Waals surface area contributed by atoms with Crippen LogP contribution in [-0.4, -0.2) is 48.7 Å². The van der Waals surface area contributed by atoms with E-state index in [0.29, 0.717) is 26.2 Å². The molecular weight excluding hydrogens is 238 g/mol. The van der Waals surface area contributed by atoms with E-state index in [1.165, 1.54) is 0 Å². The van der Waals surface area contributed by atoms with Crippen LogP contribution in [0.4, 0.5) is 0 Å². The first-order valence-corrected chi connectivity index (χ1v) is 7.80. The first-order valence-electron chi connectivity index (χ1n) is 6.40. The Morgan fingerprint density at radius 2 is 1.82 bits per heavy atom. The van der Waals surface area contributed by atoms with Crippen LogP contribution in [0.3, 0.4) is 0 Å². The van der Waals surface area contributed by atoms with Gasteiger partial charge < -0.3 is 5.73 Å². The molecule has 1 aliphatic heterocycles. The standard InChI is InChI=1S/C11H25N3O2S/c1-4-11(3,10-12)14(5-2)17(15,16)13-8-6-7-9-13/h4-10,12H2,1-3H3. The maximum absolute atomic E-state index is 12.5. The van der Waals surface area contributed by atoms with Crippen molar-refractivity contribution in [1.29, 1.82) is 0 Å². The lowest BCUT2D eigenvalue weighted by Crippen LogP contribution is -2.57. The number of nitrogens with zero attached hydrogens (tertiary/aromatic N) is 2. The molecule has 0 aliphatic carbocycles. The fourth-order valence-corrected chi connectivity index (χ4v) is 4.39. The lowest BCUT2D eigenvalue weighted by atomic mass is 9.99. The summed E-state index contributed by atoms with van der Waals surface area (Å²) in [6.07, 6.45) is 2.65. The molecule has 0 amide bonds. The van der Waals surface area contributed by atoms with Crippen molar-refractivity contribution in [3.8, 4) is 0 Å². The van der Waals surface area contributed by atoms with Crippen LogP contribution >= 0.6 is 0 Å². The molecule has 0 radical (unpaired) electrons. The quantitative estimate of drug-likeness (QED) is 0.770. The maximum atomic E-state index is 12.5. The summed E-state index contributed by atoms with van der Waals surface area (Å²) < 4.78 is 28.2. The van der Waals surface area contributed by atoms with Gasteiger partial charge in [-0.3, -0.25) is 0 Å². The van der Waals surface area contributed by atoms with Gasteiger partial charge in [-0.1, -0.05) is 13.8 Å². The molecule has 0 aromatic rings. The topological polar surface area (TPSA) is 66.6 Å². The number of hydrogen-bond donors (Lipinski definition) is 1. The van der Waals surface area contributed by atoms with Crippen molar-refractivity contribution in [3.05, 3.63) is 0 Å². The zero-order valence-electron chi connectivity index (χ0n) is 11.1. The number of rotatable bonds is 6. The van der Waals surface area contributed by atoms with Gasteiger partial charge in [-0.2, -0.15) is 17.0 Å². The summed E-state index contributed by atoms with van der Waals surface area (Å²) in [6.45, 7) is 7.88. The zero-order chi connectivity index (χ0) is 13.1. The summed E-state index contributed by atoms with van der Waals surface area (Å²) >= 11 is 0. The Kier molecular flexibility index (Phi) is 4.95. The van der Waals surface area contributed by atoms with Crippen molar-refractivity contribution in [3.63, 3.8) is 0 Å². The molecule has 6 heteroatoms. The Morgan fingerprint density at radius 1 is 1.29 bits per heavy atom. The van der Waals surface area contributed by atoms with E-state index >= 15 is 0 Å². The molecule has 1 fully saturated rings. The number of nitrogens with two attached hydrogens (primary N) is 1. The highest BCUT2D eigenvalue weighted by Gasteiger charge is 2.40. The largest absolute Gasteiger partial charge is 0.329 e. The van der Waals surface area contributed by atoms with Crippen molar-refractivity contribution in [2.45, 2.75) is 45.6 Å². The van der Waals surface area contributed by atoms with Crippen molar-refractivity contribution in [2.75, 3.05) is 26.2 Å². The second-order valence-electron chi connectivity index (χ2n) is 4.83. The minimum absolute atomic E-state index is 0.352. The van der Waals surface area contributed by atoms with Gasteiger partial charge >= 0.3 is 0 Å². The minimum Gasteiger partial charge on any atom is -0.329 e. The zero-order valence-corrected chi connectivity index (χ0v) is 12.0. The molecule has 1 aliphatic rings. The van der Waals surface area contributed by atoms with E-state index in [2.05, 4.69) is 0 Å². The van der Waals surface area contributed by atoms with E-state index in [1.54, 1.807) is 8.61 Å². The molecular formula is C11H25N3O2S. The van der Waals surface area contributed by atoms with E-state index in [0.717, 1.165) is 19.3 Å². The van der Waals surface area contributed by atoms with Gasteiger partial charge in [-0.25, -0.2) is 0 Å². The highest BCUT2D eigenvalue weighted by Crippen LogP contribution is 2.26. The van der Waals surface area contributed by atoms with Gasteiger partial charge in [-0.05, 0) is 26.2 Å². The van der Waals surface area contributed by atoms with Gasteiger partial charge in [0.15, 0.2) is 0 Å². The van der Waals surface area contributed by atoms with Crippen LogP contribution < -0.4 is 5.73 Å². The lowest BCUT2D eigenvalue weighted by Gasteiger charge is -2.40. The smallest absolute Gasteiger partial charge is 0.282 e. The third-order valence-corrected chi connectivity index (χ3v) is 6.03. The maximum Gasteiger partial charge on any atom is 0.282 e. The summed E-state index contributed by atoms with van der Waals surface area (Å²) in [6, 6.07) is 0. The van der Waals surface area contributed by atoms with Crippen molar-refractivity contribution in [2.24, 2.45) is 5.73 Å². The van der Waals surface area contributed by atoms with Gasteiger partial charge in [0.2, 0.25) is 0 Å². The SMILES string of the molecule is CCN(C(C)(CC)CN)S(=O)(=O)N1CCCC1. The normalized spacial score (nSPS) is 21.9. The molecule has 102 valence electrons. The monoisotopic (exact) mass is 263 g/mol. The molecule has 17 heavy (non-hydrogen) atoms. The first kappa shape index (κ1) is 14.9. The molecule has 0 aromatic carbocycles. The Bertz CT molecular complexity index is 333. The van der Waals surface area contributed by atoms with Gasteiger partial charge in [-0.15, -0.1) is 0 Å². The molecule has 1 saturated heterocycles. The van der Waals surface area contributed by atoms with Crippen molar-refractivity contribution < 1.29 is 8.42 Å². The van der Waals surface area contributed by atoms with Gasteiger partial charge in [0.05, 0.1) is 0 Å². The molecule has 0 bridgehead atoms. The van der Waals surface area contributed by atoms with Gasteiger partial charge in [0.25, 0.3) is 10.2 Å². The minimum atomic E-state index is -3.35. The number of likely N-dealkylation sites (N-methyl/N-ethyl adjacent to an activating group) is 1. The molecule has 1 unspecified atom stereocenters. The fraction of sp³-hybridized carbons (Fsp3) is 1.00. The lowest BCUT2D eigenvalue weighted by molar-refractivity contribution is 0.200. The molecule has 1 rings (SSSR count). The average Bonchev–Trinajstić information content (AvgIpc) is 2.83. The van der Waals surface area contributed by atoms with E-state index in [-0.39, 0.29) is 0 Å². The second kappa shape index (κ2) is 5.65. The highest BCUT2D eigenvalue weighted by atomic mass is 32.2. The van der Waals surface area contributed by atoms with Crippen LogP contribution in [0.25, 0.3) is 0 Å². The summed E-state index contributed by atoms with van der Waals surface area (Å²) in [7, 11) is -3.35. The molecule has 1 atom stereocenters. The third kappa shape index (κ3) is 2.81. The first-order chi connectivity index (χ1) is 7.92. The Hall–Kier alpha value is -0.170. The molecule has 0 saturated carbocycles. The summed E-state index contributed by atoms with van der Waals surface area (Å²) in [5.41, 5.74) is 5.29. The Balaban J connectivity index is 3.00. The Morgan fingerprint density at radius 3 is 2.18 bits per heavy atom. The van der Waals surface area contributed by atoms with Crippen LogP contribution in [0.5, 0.6) is 0 Å². The van der Waals surface area contributed by atoms with E-state index in [4.69, 9.17) is 5.73 Å².